The van der Waals surface area contributed by atoms with Gasteiger partial charge in [-0.25, -0.2) is 0 Å². The second kappa shape index (κ2) is 11.1. The Morgan fingerprint density at radius 1 is 1.06 bits per heavy atom. The maximum absolute atomic E-state index is 12.4. The standard InChI is InChI=1S/C27H31ClN6O2/c1-2-36-24(35)21-8-5-13-34(17-21)27-32-25(29-16-18-9-11-22(28)12-10-18)31-26(33-27)30-23-14-19-6-3-4-7-20(19)15-23/h3-4,6-7,9-12,21,23H,2,5,8,13-17H2,1H3,(H2,29,30,31,32,33). The molecule has 0 spiro atoms. The van der Waals surface area contributed by atoms with Gasteiger partial charge in [0.25, 0.3) is 0 Å². The van der Waals surface area contributed by atoms with Crippen molar-refractivity contribution in [3.8, 4) is 0 Å². The molecule has 2 aromatic carbocycles. The average molecular weight is 507 g/mol. The number of benzene rings is 2. The van der Waals surface area contributed by atoms with Crippen molar-refractivity contribution in [2.45, 2.75) is 45.2 Å². The van der Waals surface area contributed by atoms with E-state index < -0.39 is 0 Å². The van der Waals surface area contributed by atoms with Crippen molar-refractivity contribution in [1.82, 2.24) is 15.0 Å². The monoisotopic (exact) mass is 506 g/mol. The van der Waals surface area contributed by atoms with Crippen LogP contribution in [0.15, 0.2) is 48.5 Å². The zero-order chi connectivity index (χ0) is 24.9. The van der Waals surface area contributed by atoms with Crippen LogP contribution in [0.5, 0.6) is 0 Å². The summed E-state index contributed by atoms with van der Waals surface area (Å²) in [7, 11) is 0. The number of halogens is 1. The molecule has 36 heavy (non-hydrogen) atoms. The van der Waals surface area contributed by atoms with Crippen LogP contribution in [0.4, 0.5) is 17.8 Å². The van der Waals surface area contributed by atoms with Crippen LogP contribution in [0, 0.1) is 5.92 Å². The Morgan fingerprint density at radius 3 is 2.50 bits per heavy atom. The van der Waals surface area contributed by atoms with Gasteiger partial charge in [-0.2, -0.15) is 15.0 Å². The molecule has 0 amide bonds. The molecule has 1 saturated heterocycles. The molecule has 0 saturated carbocycles. The number of ether oxygens (including phenoxy) is 1. The van der Waals surface area contributed by atoms with E-state index in [4.69, 9.17) is 26.3 Å². The normalized spacial score (nSPS) is 17.5. The smallest absolute Gasteiger partial charge is 0.310 e. The van der Waals surface area contributed by atoms with Crippen LogP contribution in [-0.2, 0) is 28.9 Å². The summed E-state index contributed by atoms with van der Waals surface area (Å²) < 4.78 is 5.28. The summed E-state index contributed by atoms with van der Waals surface area (Å²) >= 11 is 6.02. The molecule has 188 valence electrons. The van der Waals surface area contributed by atoms with Crippen LogP contribution in [0.2, 0.25) is 5.02 Å². The van der Waals surface area contributed by atoms with Crippen molar-refractivity contribution in [1.29, 1.82) is 0 Å². The molecule has 5 rings (SSSR count). The van der Waals surface area contributed by atoms with E-state index in [2.05, 4.69) is 44.8 Å². The van der Waals surface area contributed by atoms with Crippen molar-refractivity contribution in [2.24, 2.45) is 5.92 Å². The first-order valence-corrected chi connectivity index (χ1v) is 12.9. The minimum atomic E-state index is -0.179. The second-order valence-electron chi connectivity index (χ2n) is 9.32. The van der Waals surface area contributed by atoms with E-state index in [0.29, 0.717) is 42.6 Å². The summed E-state index contributed by atoms with van der Waals surface area (Å²) in [5.74, 6) is 1.26. The van der Waals surface area contributed by atoms with Gasteiger partial charge in [-0.1, -0.05) is 48.0 Å². The lowest BCUT2D eigenvalue weighted by atomic mass is 9.98. The lowest BCUT2D eigenvalue weighted by molar-refractivity contribution is -0.148. The third-order valence-electron chi connectivity index (χ3n) is 6.70. The van der Waals surface area contributed by atoms with E-state index >= 15 is 0 Å². The minimum Gasteiger partial charge on any atom is -0.466 e. The number of fused-ring (bicyclic) bond motifs is 1. The highest BCUT2D eigenvalue weighted by Gasteiger charge is 2.29. The van der Waals surface area contributed by atoms with Crippen molar-refractivity contribution >= 4 is 35.4 Å². The Balaban J connectivity index is 1.35. The zero-order valence-corrected chi connectivity index (χ0v) is 21.2. The van der Waals surface area contributed by atoms with E-state index in [1.54, 1.807) is 0 Å². The van der Waals surface area contributed by atoms with Crippen LogP contribution >= 0.6 is 11.6 Å². The van der Waals surface area contributed by atoms with Gasteiger partial charge < -0.3 is 20.3 Å². The van der Waals surface area contributed by atoms with Gasteiger partial charge in [-0.15, -0.1) is 0 Å². The number of carbonyl (C=O) groups excluding carboxylic acids is 1. The van der Waals surface area contributed by atoms with Crippen molar-refractivity contribution in [3.05, 3.63) is 70.2 Å². The molecule has 1 aromatic heterocycles. The Morgan fingerprint density at radius 2 is 1.78 bits per heavy atom. The van der Waals surface area contributed by atoms with Crippen LogP contribution < -0.4 is 15.5 Å². The molecule has 2 N–H and O–H groups in total. The van der Waals surface area contributed by atoms with E-state index in [1.165, 1.54) is 11.1 Å². The molecule has 1 fully saturated rings. The Labute approximate surface area is 216 Å². The minimum absolute atomic E-state index is 0.153. The van der Waals surface area contributed by atoms with Crippen molar-refractivity contribution in [2.75, 3.05) is 35.2 Å². The highest BCUT2D eigenvalue weighted by Crippen LogP contribution is 2.26. The number of hydrogen-bond acceptors (Lipinski definition) is 8. The largest absolute Gasteiger partial charge is 0.466 e. The van der Waals surface area contributed by atoms with E-state index in [9.17, 15) is 4.79 Å². The van der Waals surface area contributed by atoms with E-state index in [1.807, 2.05) is 31.2 Å². The predicted molar refractivity (Wildman–Crippen MR) is 141 cm³/mol. The quantitative estimate of drug-likeness (QED) is 0.431. The molecular formula is C27H31ClN6O2. The average Bonchev–Trinajstić information content (AvgIpc) is 3.31. The SMILES string of the molecule is CCOC(=O)C1CCCN(c2nc(NCc3ccc(Cl)cc3)nc(NC3Cc4ccccc4C3)n2)C1. The van der Waals surface area contributed by atoms with Gasteiger partial charge in [0.2, 0.25) is 17.8 Å². The van der Waals surface area contributed by atoms with Crippen LogP contribution in [0.1, 0.15) is 36.5 Å². The third kappa shape index (κ3) is 5.87. The number of nitrogens with one attached hydrogen (secondary N) is 2. The number of nitrogens with zero attached hydrogens (tertiary/aromatic N) is 4. The molecule has 0 bridgehead atoms. The summed E-state index contributed by atoms with van der Waals surface area (Å²) in [5.41, 5.74) is 3.79. The number of rotatable bonds is 8. The van der Waals surface area contributed by atoms with Gasteiger partial charge >= 0.3 is 5.97 Å². The molecule has 2 heterocycles. The molecule has 9 heteroatoms. The summed E-state index contributed by atoms with van der Waals surface area (Å²) in [6.45, 7) is 4.10. The van der Waals surface area contributed by atoms with E-state index in [0.717, 1.165) is 37.8 Å². The lowest BCUT2D eigenvalue weighted by Gasteiger charge is -2.31. The third-order valence-corrected chi connectivity index (χ3v) is 6.95. The molecule has 1 aliphatic carbocycles. The molecule has 1 aliphatic heterocycles. The highest BCUT2D eigenvalue weighted by molar-refractivity contribution is 6.30. The molecule has 2 aliphatic rings. The maximum Gasteiger partial charge on any atom is 0.310 e. The summed E-state index contributed by atoms with van der Waals surface area (Å²) in [5, 5.41) is 7.56. The van der Waals surface area contributed by atoms with Crippen LogP contribution in [0.3, 0.4) is 0 Å². The van der Waals surface area contributed by atoms with Gasteiger partial charge in [-0.3, -0.25) is 4.79 Å². The molecule has 8 nitrogen and oxygen atoms in total. The zero-order valence-electron chi connectivity index (χ0n) is 20.4. The number of anilines is 3. The fourth-order valence-electron chi connectivity index (χ4n) is 4.89. The molecular weight excluding hydrogens is 476 g/mol. The number of piperidine rings is 1. The Hall–Kier alpha value is -3.39. The molecule has 1 atom stereocenters. The first-order chi connectivity index (χ1) is 17.6. The van der Waals surface area contributed by atoms with Crippen LogP contribution in [-0.4, -0.2) is 46.7 Å². The topological polar surface area (TPSA) is 92.3 Å². The fraction of sp³-hybridized carbons (Fsp3) is 0.407. The summed E-state index contributed by atoms with van der Waals surface area (Å²) in [6.07, 6.45) is 3.55. The number of esters is 1. The highest BCUT2D eigenvalue weighted by atomic mass is 35.5. The first-order valence-electron chi connectivity index (χ1n) is 12.6. The fourth-order valence-corrected chi connectivity index (χ4v) is 5.01. The summed E-state index contributed by atoms with van der Waals surface area (Å²) in [4.78, 5) is 28.6. The Kier molecular flexibility index (Phi) is 7.51. The second-order valence-corrected chi connectivity index (χ2v) is 9.75. The van der Waals surface area contributed by atoms with Gasteiger partial charge in [0.15, 0.2) is 0 Å². The van der Waals surface area contributed by atoms with Crippen molar-refractivity contribution in [3.63, 3.8) is 0 Å². The lowest BCUT2D eigenvalue weighted by Crippen LogP contribution is -2.40. The van der Waals surface area contributed by atoms with E-state index in [-0.39, 0.29) is 17.9 Å². The number of hydrogen-bond donors (Lipinski definition) is 2. The van der Waals surface area contributed by atoms with Gasteiger partial charge in [0, 0.05) is 30.7 Å². The van der Waals surface area contributed by atoms with Gasteiger partial charge in [0.05, 0.1) is 12.5 Å². The molecule has 3 aromatic rings. The summed E-state index contributed by atoms with van der Waals surface area (Å²) in [6, 6.07) is 16.4. The first kappa shape index (κ1) is 24.3. The molecule has 0 radical (unpaired) electrons. The molecule has 1 unspecified atom stereocenters. The predicted octanol–water partition coefficient (Wildman–Crippen LogP) is 4.50. The van der Waals surface area contributed by atoms with Gasteiger partial charge in [-0.05, 0) is 61.4 Å². The number of carbonyl (C=O) groups is 1. The maximum atomic E-state index is 12.4. The number of aromatic nitrogens is 3. The van der Waals surface area contributed by atoms with Crippen molar-refractivity contribution < 1.29 is 9.53 Å². The Bertz CT molecular complexity index is 1180. The van der Waals surface area contributed by atoms with Gasteiger partial charge in [0.1, 0.15) is 0 Å². The van der Waals surface area contributed by atoms with Crippen LogP contribution in [0.25, 0.3) is 0 Å².